The van der Waals surface area contributed by atoms with Crippen molar-refractivity contribution in [1.82, 2.24) is 19.9 Å². The first kappa shape index (κ1) is 8.14. The van der Waals surface area contributed by atoms with E-state index in [1.165, 1.54) is 18.6 Å². The van der Waals surface area contributed by atoms with Crippen LogP contribution in [0.5, 0.6) is 0 Å². The van der Waals surface area contributed by atoms with E-state index in [4.69, 9.17) is 0 Å². The normalized spacial score (nSPS) is 13.0. The molecule has 0 spiro atoms. The van der Waals surface area contributed by atoms with Crippen LogP contribution >= 0.6 is 0 Å². The summed E-state index contributed by atoms with van der Waals surface area (Å²) in [6.07, 6.45) is 4.24. The Hall–Kier alpha value is -1.47. The van der Waals surface area contributed by atoms with Gasteiger partial charge in [-0.1, -0.05) is 0 Å². The van der Waals surface area contributed by atoms with Crippen molar-refractivity contribution in [3.8, 4) is 0 Å². The second-order valence-electron chi connectivity index (χ2n) is 2.15. The maximum Gasteiger partial charge on any atom is 0.206 e. The lowest BCUT2D eigenvalue weighted by molar-refractivity contribution is 0.529. The molecule has 0 saturated heterocycles. The lowest BCUT2D eigenvalue weighted by Crippen LogP contribution is -1.99. The zero-order valence-corrected chi connectivity index (χ0v) is 7.06. The first-order valence-corrected chi connectivity index (χ1v) is 4.38. The molecule has 2 heterocycles. The number of aromatic nitrogens is 4. The molecule has 0 aliphatic rings. The SMILES string of the molecule is O=S([O-])c1ncc2nccnc2n1. The van der Waals surface area contributed by atoms with Gasteiger partial charge in [0, 0.05) is 23.5 Å². The van der Waals surface area contributed by atoms with E-state index in [1.807, 2.05) is 0 Å². The summed E-state index contributed by atoms with van der Waals surface area (Å²) in [6, 6.07) is 0. The minimum absolute atomic E-state index is 0.270. The van der Waals surface area contributed by atoms with Gasteiger partial charge < -0.3 is 4.55 Å². The van der Waals surface area contributed by atoms with Crippen LogP contribution in [0.2, 0.25) is 0 Å². The van der Waals surface area contributed by atoms with Gasteiger partial charge in [-0.15, -0.1) is 0 Å². The van der Waals surface area contributed by atoms with Crippen molar-refractivity contribution >= 4 is 22.2 Å². The Labute approximate surface area is 75.4 Å². The summed E-state index contributed by atoms with van der Waals surface area (Å²) in [5.41, 5.74) is 0.744. The van der Waals surface area contributed by atoms with E-state index in [-0.39, 0.29) is 10.8 Å². The standard InChI is InChI=1S/C6H4N4O2S/c11-13(12)6-9-3-4-5(10-6)8-2-1-7-4/h1-3H,(H,11,12)/p-1. The molecule has 0 fully saturated rings. The molecular formula is C6H3N4O2S-. The molecular weight excluding hydrogens is 192 g/mol. The average molecular weight is 195 g/mol. The van der Waals surface area contributed by atoms with Crippen LogP contribution in [0.1, 0.15) is 0 Å². The molecule has 66 valence electrons. The summed E-state index contributed by atoms with van der Waals surface area (Å²) in [4.78, 5) is 15.0. The summed E-state index contributed by atoms with van der Waals surface area (Å²) in [7, 11) is 0. The van der Waals surface area contributed by atoms with Crippen molar-refractivity contribution in [2.24, 2.45) is 0 Å². The quantitative estimate of drug-likeness (QED) is 0.456. The van der Waals surface area contributed by atoms with Crippen LogP contribution in [-0.2, 0) is 11.1 Å². The highest BCUT2D eigenvalue weighted by molar-refractivity contribution is 7.78. The zero-order valence-electron chi connectivity index (χ0n) is 6.25. The highest BCUT2D eigenvalue weighted by atomic mass is 32.2. The van der Waals surface area contributed by atoms with E-state index in [1.54, 1.807) is 0 Å². The van der Waals surface area contributed by atoms with Gasteiger partial charge in [-0.05, 0) is 0 Å². The molecule has 0 amide bonds. The van der Waals surface area contributed by atoms with Gasteiger partial charge in [0.2, 0.25) is 5.16 Å². The van der Waals surface area contributed by atoms with Crippen LogP contribution < -0.4 is 0 Å². The van der Waals surface area contributed by atoms with Gasteiger partial charge in [0.25, 0.3) is 0 Å². The highest BCUT2D eigenvalue weighted by Gasteiger charge is 2.00. The van der Waals surface area contributed by atoms with Crippen molar-refractivity contribution in [3.63, 3.8) is 0 Å². The third-order valence-corrected chi connectivity index (χ3v) is 1.85. The van der Waals surface area contributed by atoms with Crippen molar-refractivity contribution in [1.29, 1.82) is 0 Å². The fraction of sp³-hybridized carbons (Fsp3) is 0. The lowest BCUT2D eigenvalue weighted by Gasteiger charge is -2.01. The summed E-state index contributed by atoms with van der Waals surface area (Å²) < 4.78 is 20.9. The van der Waals surface area contributed by atoms with E-state index in [0.29, 0.717) is 5.52 Å². The average Bonchev–Trinajstić information content (AvgIpc) is 2.17. The van der Waals surface area contributed by atoms with Gasteiger partial charge in [-0.3, -0.25) is 4.21 Å². The molecule has 0 saturated carbocycles. The second-order valence-corrected chi connectivity index (χ2v) is 2.99. The fourth-order valence-electron chi connectivity index (χ4n) is 0.835. The molecule has 2 aromatic heterocycles. The second kappa shape index (κ2) is 3.11. The number of hydrogen-bond acceptors (Lipinski definition) is 6. The Morgan fingerprint density at radius 1 is 1.23 bits per heavy atom. The molecule has 1 unspecified atom stereocenters. The maximum atomic E-state index is 10.5. The van der Waals surface area contributed by atoms with Crippen LogP contribution in [0.15, 0.2) is 23.7 Å². The molecule has 0 N–H and O–H groups in total. The maximum absolute atomic E-state index is 10.5. The van der Waals surface area contributed by atoms with Crippen molar-refractivity contribution in [2.75, 3.05) is 0 Å². The Bertz CT molecular complexity index is 475. The summed E-state index contributed by atoms with van der Waals surface area (Å²) in [5.74, 6) is 0. The smallest absolute Gasteiger partial charge is 0.206 e. The number of rotatable bonds is 1. The molecule has 0 aromatic carbocycles. The van der Waals surface area contributed by atoms with Gasteiger partial charge in [-0.25, -0.2) is 15.0 Å². The topological polar surface area (TPSA) is 91.7 Å². The largest absolute Gasteiger partial charge is 0.766 e. The molecule has 6 nitrogen and oxygen atoms in total. The number of hydrogen-bond donors (Lipinski definition) is 0. The third kappa shape index (κ3) is 1.51. The molecule has 1 atom stereocenters. The van der Waals surface area contributed by atoms with Gasteiger partial charge >= 0.3 is 0 Å². The molecule has 13 heavy (non-hydrogen) atoms. The van der Waals surface area contributed by atoms with Gasteiger partial charge in [0.05, 0.1) is 6.20 Å². The summed E-state index contributed by atoms with van der Waals surface area (Å²) in [5, 5.41) is -0.270. The van der Waals surface area contributed by atoms with Crippen LogP contribution in [0.25, 0.3) is 11.2 Å². The Kier molecular flexibility index (Phi) is 1.95. The van der Waals surface area contributed by atoms with E-state index in [9.17, 15) is 8.76 Å². The Morgan fingerprint density at radius 3 is 2.77 bits per heavy atom. The number of nitrogens with zero attached hydrogens (tertiary/aromatic N) is 4. The van der Waals surface area contributed by atoms with E-state index < -0.39 is 11.1 Å². The number of fused-ring (bicyclic) bond motifs is 1. The monoisotopic (exact) mass is 195 g/mol. The summed E-state index contributed by atoms with van der Waals surface area (Å²) >= 11 is -2.42. The minimum atomic E-state index is -2.42. The molecule has 2 rings (SSSR count). The third-order valence-electron chi connectivity index (χ3n) is 1.35. The van der Waals surface area contributed by atoms with Crippen LogP contribution in [-0.4, -0.2) is 28.7 Å². The van der Waals surface area contributed by atoms with E-state index >= 15 is 0 Å². The van der Waals surface area contributed by atoms with Crippen LogP contribution in [0.3, 0.4) is 0 Å². The molecule has 7 heteroatoms. The zero-order chi connectivity index (χ0) is 9.26. The fourth-order valence-corrected chi connectivity index (χ4v) is 1.13. The molecule has 0 aliphatic heterocycles. The van der Waals surface area contributed by atoms with Crippen LogP contribution in [0.4, 0.5) is 0 Å². The van der Waals surface area contributed by atoms with Gasteiger partial charge in [-0.2, -0.15) is 4.98 Å². The molecule has 2 aromatic rings. The molecule has 0 aliphatic carbocycles. The molecule has 0 radical (unpaired) electrons. The lowest BCUT2D eigenvalue weighted by atomic mass is 10.5. The molecule has 0 bridgehead atoms. The van der Waals surface area contributed by atoms with E-state index in [2.05, 4.69) is 19.9 Å². The highest BCUT2D eigenvalue weighted by Crippen LogP contribution is 2.04. The Balaban J connectivity index is 2.69. The Morgan fingerprint density at radius 2 is 2.00 bits per heavy atom. The van der Waals surface area contributed by atoms with E-state index in [0.717, 1.165) is 0 Å². The van der Waals surface area contributed by atoms with Gasteiger partial charge in [0.1, 0.15) is 5.52 Å². The minimum Gasteiger partial charge on any atom is -0.766 e. The predicted octanol–water partition coefficient (Wildman–Crippen LogP) is -0.342. The van der Waals surface area contributed by atoms with Crippen LogP contribution in [0, 0.1) is 0 Å². The van der Waals surface area contributed by atoms with Crippen molar-refractivity contribution in [2.45, 2.75) is 5.16 Å². The van der Waals surface area contributed by atoms with Gasteiger partial charge in [0.15, 0.2) is 5.65 Å². The van der Waals surface area contributed by atoms with Crippen molar-refractivity contribution < 1.29 is 8.76 Å². The summed E-state index contributed by atoms with van der Waals surface area (Å²) in [6.45, 7) is 0. The first-order chi connectivity index (χ1) is 6.27. The predicted molar refractivity (Wildman–Crippen MR) is 42.3 cm³/mol. The first-order valence-electron chi connectivity index (χ1n) is 3.30. The van der Waals surface area contributed by atoms with Crippen molar-refractivity contribution in [3.05, 3.63) is 18.6 Å².